The van der Waals surface area contributed by atoms with Crippen LogP contribution in [0.4, 0.5) is 0 Å². The van der Waals surface area contributed by atoms with E-state index in [1.165, 1.54) is 0 Å². The minimum Gasteiger partial charge on any atom is -0.396 e. The van der Waals surface area contributed by atoms with Crippen molar-refractivity contribution in [1.82, 2.24) is 15.1 Å². The fourth-order valence-corrected chi connectivity index (χ4v) is 1.82. The summed E-state index contributed by atoms with van der Waals surface area (Å²) in [4.78, 5) is 11.9. The molecular weight excluding hydrogens is 230 g/mol. The molecule has 0 aliphatic rings. The number of carbonyl (C=O) groups is 1. The zero-order chi connectivity index (χ0) is 13.5. The van der Waals surface area contributed by atoms with Gasteiger partial charge in [0.2, 0.25) is 0 Å². The van der Waals surface area contributed by atoms with Gasteiger partial charge in [0, 0.05) is 26.4 Å². The van der Waals surface area contributed by atoms with E-state index in [1.807, 2.05) is 20.9 Å². The molecule has 0 saturated heterocycles. The molecule has 1 aromatic heterocycles. The Morgan fingerprint density at radius 1 is 1.61 bits per heavy atom. The number of nitrogens with zero attached hydrogens (tertiary/aromatic N) is 2. The van der Waals surface area contributed by atoms with Gasteiger partial charge in [0.1, 0.15) is 0 Å². The number of aliphatic hydroxyl groups excluding tert-OH is 1. The SMILES string of the molecule is CCc1nn(C)cc1C(=O)NCCCC(C)CO. The van der Waals surface area contributed by atoms with Crippen LogP contribution in [0.3, 0.4) is 0 Å². The predicted octanol–water partition coefficient (Wildman–Crippen LogP) is 1.12. The van der Waals surface area contributed by atoms with Gasteiger partial charge in [-0.1, -0.05) is 13.8 Å². The number of amides is 1. The van der Waals surface area contributed by atoms with Crippen molar-refractivity contribution < 1.29 is 9.90 Å². The highest BCUT2D eigenvalue weighted by Gasteiger charge is 2.13. The number of hydrogen-bond donors (Lipinski definition) is 2. The second-order valence-electron chi connectivity index (χ2n) is 4.70. The Bertz CT molecular complexity index is 388. The van der Waals surface area contributed by atoms with Crippen LogP contribution in [0, 0.1) is 5.92 Å². The van der Waals surface area contributed by atoms with E-state index >= 15 is 0 Å². The first-order chi connectivity index (χ1) is 8.58. The standard InChI is InChI=1S/C13H23N3O2/c1-4-12-11(8-16(3)15-12)13(18)14-7-5-6-10(2)9-17/h8,10,17H,4-7,9H2,1-3H3,(H,14,18). The fourth-order valence-electron chi connectivity index (χ4n) is 1.82. The van der Waals surface area contributed by atoms with Crippen molar-refractivity contribution in [3.63, 3.8) is 0 Å². The molecule has 5 heteroatoms. The Balaban J connectivity index is 2.40. The summed E-state index contributed by atoms with van der Waals surface area (Å²) in [5.74, 6) is 0.239. The van der Waals surface area contributed by atoms with Crippen LogP contribution >= 0.6 is 0 Å². The largest absolute Gasteiger partial charge is 0.396 e. The van der Waals surface area contributed by atoms with Gasteiger partial charge >= 0.3 is 0 Å². The predicted molar refractivity (Wildman–Crippen MR) is 70.4 cm³/mol. The molecule has 0 fully saturated rings. The van der Waals surface area contributed by atoms with Gasteiger partial charge in [0.05, 0.1) is 11.3 Å². The maximum absolute atomic E-state index is 11.9. The van der Waals surface area contributed by atoms with Crippen LogP contribution < -0.4 is 5.32 Å². The summed E-state index contributed by atoms with van der Waals surface area (Å²) in [6.45, 7) is 4.83. The first-order valence-corrected chi connectivity index (χ1v) is 6.50. The summed E-state index contributed by atoms with van der Waals surface area (Å²) >= 11 is 0. The highest BCUT2D eigenvalue weighted by molar-refractivity contribution is 5.95. The Morgan fingerprint density at radius 3 is 2.94 bits per heavy atom. The zero-order valence-electron chi connectivity index (χ0n) is 11.4. The maximum atomic E-state index is 11.9. The number of carbonyl (C=O) groups excluding carboxylic acids is 1. The van der Waals surface area contributed by atoms with Gasteiger partial charge in [-0.25, -0.2) is 0 Å². The Hall–Kier alpha value is -1.36. The summed E-state index contributed by atoms with van der Waals surface area (Å²) in [5, 5.41) is 16.0. The maximum Gasteiger partial charge on any atom is 0.254 e. The minimum absolute atomic E-state index is 0.0587. The lowest BCUT2D eigenvalue weighted by Crippen LogP contribution is -2.25. The second-order valence-corrected chi connectivity index (χ2v) is 4.70. The molecule has 5 nitrogen and oxygen atoms in total. The van der Waals surface area contributed by atoms with E-state index in [2.05, 4.69) is 10.4 Å². The molecule has 102 valence electrons. The molecule has 0 radical (unpaired) electrons. The summed E-state index contributed by atoms with van der Waals surface area (Å²) < 4.78 is 1.67. The summed E-state index contributed by atoms with van der Waals surface area (Å²) in [6.07, 6.45) is 4.31. The van der Waals surface area contributed by atoms with Crippen molar-refractivity contribution in [2.75, 3.05) is 13.2 Å². The smallest absolute Gasteiger partial charge is 0.254 e. The molecule has 0 spiro atoms. The molecule has 1 heterocycles. The highest BCUT2D eigenvalue weighted by atomic mass is 16.3. The van der Waals surface area contributed by atoms with Crippen LogP contribution in [-0.4, -0.2) is 33.9 Å². The minimum atomic E-state index is -0.0587. The van der Waals surface area contributed by atoms with Crippen LogP contribution in [0.15, 0.2) is 6.20 Å². The van der Waals surface area contributed by atoms with Crippen LogP contribution in [0.1, 0.15) is 42.7 Å². The quantitative estimate of drug-likeness (QED) is 0.716. The lowest BCUT2D eigenvalue weighted by Gasteiger charge is -2.08. The van der Waals surface area contributed by atoms with Crippen molar-refractivity contribution >= 4 is 5.91 Å². The molecule has 0 saturated carbocycles. The molecular formula is C13H23N3O2. The summed E-state index contributed by atoms with van der Waals surface area (Å²) in [6, 6.07) is 0. The molecule has 2 N–H and O–H groups in total. The van der Waals surface area contributed by atoms with Gasteiger partial charge in [0.25, 0.3) is 5.91 Å². The molecule has 1 amide bonds. The Labute approximate surface area is 108 Å². The first kappa shape index (κ1) is 14.7. The fraction of sp³-hybridized carbons (Fsp3) is 0.692. The van der Waals surface area contributed by atoms with Crippen molar-refractivity contribution in [2.45, 2.75) is 33.1 Å². The third-order valence-corrected chi connectivity index (χ3v) is 2.96. The summed E-state index contributed by atoms with van der Waals surface area (Å²) in [5.41, 5.74) is 1.49. The number of rotatable bonds is 7. The first-order valence-electron chi connectivity index (χ1n) is 6.50. The van der Waals surface area contributed by atoms with Crippen molar-refractivity contribution in [2.24, 2.45) is 13.0 Å². The van der Waals surface area contributed by atoms with E-state index < -0.39 is 0 Å². The van der Waals surface area contributed by atoms with Gasteiger partial charge in [-0.3, -0.25) is 9.48 Å². The van der Waals surface area contributed by atoms with Crippen molar-refractivity contribution in [3.8, 4) is 0 Å². The molecule has 1 rings (SSSR count). The third-order valence-electron chi connectivity index (χ3n) is 2.96. The molecule has 0 bridgehead atoms. The molecule has 18 heavy (non-hydrogen) atoms. The molecule has 0 aliphatic heterocycles. The topological polar surface area (TPSA) is 67.2 Å². The number of aromatic nitrogens is 2. The van der Waals surface area contributed by atoms with Gasteiger partial charge in [0.15, 0.2) is 0 Å². The lowest BCUT2D eigenvalue weighted by atomic mass is 10.1. The number of aliphatic hydroxyl groups is 1. The van der Waals surface area contributed by atoms with Crippen LogP contribution in [0.5, 0.6) is 0 Å². The van der Waals surface area contributed by atoms with E-state index in [0.717, 1.165) is 25.0 Å². The van der Waals surface area contributed by atoms with Gasteiger partial charge in [-0.2, -0.15) is 5.10 Å². The average Bonchev–Trinajstić information content (AvgIpc) is 2.75. The number of hydrogen-bond acceptors (Lipinski definition) is 3. The number of nitrogens with one attached hydrogen (secondary N) is 1. The average molecular weight is 253 g/mol. The van der Waals surface area contributed by atoms with E-state index in [-0.39, 0.29) is 12.5 Å². The normalized spacial score (nSPS) is 12.4. The van der Waals surface area contributed by atoms with Crippen molar-refractivity contribution in [3.05, 3.63) is 17.5 Å². The molecule has 1 unspecified atom stereocenters. The zero-order valence-corrected chi connectivity index (χ0v) is 11.4. The molecule has 0 aromatic carbocycles. The molecule has 0 aliphatic carbocycles. The van der Waals surface area contributed by atoms with Gasteiger partial charge < -0.3 is 10.4 Å². The Morgan fingerprint density at radius 2 is 2.33 bits per heavy atom. The summed E-state index contributed by atoms with van der Waals surface area (Å²) in [7, 11) is 1.82. The molecule has 1 atom stereocenters. The second kappa shape index (κ2) is 7.16. The van der Waals surface area contributed by atoms with Crippen LogP contribution in [0.2, 0.25) is 0 Å². The Kier molecular flexibility index (Phi) is 5.85. The van der Waals surface area contributed by atoms with E-state index in [4.69, 9.17) is 5.11 Å². The van der Waals surface area contributed by atoms with E-state index in [9.17, 15) is 4.79 Å². The van der Waals surface area contributed by atoms with Crippen LogP contribution in [0.25, 0.3) is 0 Å². The monoisotopic (exact) mass is 253 g/mol. The van der Waals surface area contributed by atoms with Crippen molar-refractivity contribution in [1.29, 1.82) is 0 Å². The highest BCUT2D eigenvalue weighted by Crippen LogP contribution is 2.07. The van der Waals surface area contributed by atoms with Gasteiger partial charge in [-0.15, -0.1) is 0 Å². The van der Waals surface area contributed by atoms with E-state index in [0.29, 0.717) is 18.0 Å². The van der Waals surface area contributed by atoms with Gasteiger partial charge in [-0.05, 0) is 25.2 Å². The number of aryl methyl sites for hydroxylation is 2. The molecule has 1 aromatic rings. The third kappa shape index (κ3) is 4.14. The van der Waals surface area contributed by atoms with Crippen LogP contribution in [-0.2, 0) is 13.5 Å². The van der Waals surface area contributed by atoms with E-state index in [1.54, 1.807) is 10.9 Å². The lowest BCUT2D eigenvalue weighted by molar-refractivity contribution is 0.0951.